The summed E-state index contributed by atoms with van der Waals surface area (Å²) < 4.78 is 3.03. The minimum Gasteiger partial charge on any atom is -0.310 e. The average Bonchev–Trinajstić information content (AvgIpc) is 2.89. The monoisotopic (exact) mass is 370 g/mol. The second-order valence-corrected chi connectivity index (χ2v) is 6.17. The summed E-state index contributed by atoms with van der Waals surface area (Å²) in [7, 11) is 0. The molecule has 1 aromatic carbocycles. The Labute approximate surface area is 139 Å². The number of likely N-dealkylation sites (N-methyl/N-ethyl adjacent to an activating group) is 1. The maximum Gasteiger partial charge on any atom is 0.138 e. The van der Waals surface area contributed by atoms with E-state index >= 15 is 0 Å². The van der Waals surface area contributed by atoms with Gasteiger partial charge in [-0.1, -0.05) is 41.4 Å². The van der Waals surface area contributed by atoms with Crippen LogP contribution in [0.2, 0.25) is 5.02 Å². The fourth-order valence-corrected chi connectivity index (χ4v) is 3.05. The molecule has 0 spiro atoms. The molecule has 1 atom stereocenters. The zero-order valence-corrected chi connectivity index (χ0v) is 14.7. The van der Waals surface area contributed by atoms with Gasteiger partial charge in [0.1, 0.15) is 12.2 Å². The zero-order valence-electron chi connectivity index (χ0n) is 12.3. The number of halogens is 2. The van der Waals surface area contributed by atoms with Gasteiger partial charge >= 0.3 is 0 Å². The molecule has 1 N–H and O–H groups in total. The van der Waals surface area contributed by atoms with Gasteiger partial charge in [-0.05, 0) is 36.7 Å². The maximum absolute atomic E-state index is 6.14. The van der Waals surface area contributed by atoms with Gasteiger partial charge in [-0.15, -0.1) is 0 Å². The van der Waals surface area contributed by atoms with Crippen LogP contribution in [0.5, 0.6) is 0 Å². The molecular weight excluding hydrogens is 352 g/mol. The van der Waals surface area contributed by atoms with E-state index in [1.54, 1.807) is 6.33 Å². The van der Waals surface area contributed by atoms with Crippen molar-refractivity contribution in [1.82, 2.24) is 20.1 Å². The van der Waals surface area contributed by atoms with Crippen molar-refractivity contribution >= 4 is 27.5 Å². The molecule has 0 aliphatic carbocycles. The molecular formula is C15H20BrClN4. The molecule has 1 aromatic heterocycles. The van der Waals surface area contributed by atoms with Crippen molar-refractivity contribution in [2.45, 2.75) is 39.3 Å². The van der Waals surface area contributed by atoms with E-state index in [9.17, 15) is 0 Å². The first-order valence-electron chi connectivity index (χ1n) is 7.20. The third-order valence-electron chi connectivity index (χ3n) is 3.30. The Morgan fingerprint density at radius 3 is 2.90 bits per heavy atom. The third-order valence-corrected chi connectivity index (χ3v) is 4.26. The van der Waals surface area contributed by atoms with Gasteiger partial charge in [0.2, 0.25) is 0 Å². The summed E-state index contributed by atoms with van der Waals surface area (Å²) in [6.45, 7) is 6.01. The second kappa shape index (κ2) is 7.92. The molecule has 0 amide bonds. The summed E-state index contributed by atoms with van der Waals surface area (Å²) in [6.07, 6.45) is 3.46. The molecule has 0 aliphatic rings. The average molecular weight is 372 g/mol. The third kappa shape index (κ3) is 4.28. The number of nitrogens with one attached hydrogen (secondary N) is 1. The largest absolute Gasteiger partial charge is 0.310 e. The van der Waals surface area contributed by atoms with Crippen molar-refractivity contribution < 1.29 is 0 Å². The lowest BCUT2D eigenvalue weighted by molar-refractivity contribution is 0.497. The molecule has 6 heteroatoms. The van der Waals surface area contributed by atoms with E-state index in [1.165, 1.54) is 0 Å². The first-order chi connectivity index (χ1) is 10.2. The zero-order chi connectivity index (χ0) is 15.2. The van der Waals surface area contributed by atoms with Crippen LogP contribution in [-0.4, -0.2) is 21.3 Å². The van der Waals surface area contributed by atoms with Gasteiger partial charge in [-0.25, -0.2) is 4.98 Å². The lowest BCUT2D eigenvalue weighted by Gasteiger charge is -2.20. The Hall–Kier alpha value is -0.910. The minimum absolute atomic E-state index is 0.155. The Bertz CT molecular complexity index is 585. The van der Waals surface area contributed by atoms with Crippen molar-refractivity contribution in [2.24, 2.45) is 0 Å². The number of hydrogen-bond donors (Lipinski definition) is 1. The van der Waals surface area contributed by atoms with Crippen LogP contribution >= 0.6 is 27.5 Å². The van der Waals surface area contributed by atoms with Crippen LogP contribution in [0.4, 0.5) is 0 Å². The molecule has 0 fully saturated rings. The van der Waals surface area contributed by atoms with E-state index in [2.05, 4.69) is 45.2 Å². The van der Waals surface area contributed by atoms with E-state index in [1.807, 2.05) is 22.9 Å². The van der Waals surface area contributed by atoms with Gasteiger partial charge in [-0.3, -0.25) is 4.68 Å². The van der Waals surface area contributed by atoms with Crippen LogP contribution in [0.15, 0.2) is 29.0 Å². The van der Waals surface area contributed by atoms with Crippen LogP contribution in [0.25, 0.3) is 0 Å². The molecule has 1 heterocycles. The number of benzene rings is 1. The lowest BCUT2D eigenvalue weighted by atomic mass is 10.0. The highest BCUT2D eigenvalue weighted by Crippen LogP contribution is 2.28. The molecule has 0 aliphatic heterocycles. The van der Waals surface area contributed by atoms with Gasteiger partial charge in [-0.2, -0.15) is 5.10 Å². The summed E-state index contributed by atoms with van der Waals surface area (Å²) in [6, 6.07) is 6.03. The van der Waals surface area contributed by atoms with Crippen LogP contribution in [0.3, 0.4) is 0 Å². The van der Waals surface area contributed by atoms with Gasteiger partial charge in [0.25, 0.3) is 0 Å². The summed E-state index contributed by atoms with van der Waals surface area (Å²) in [5, 5.41) is 8.54. The first-order valence-corrected chi connectivity index (χ1v) is 8.37. The number of aromatic nitrogens is 3. The molecule has 0 radical (unpaired) electrons. The molecule has 1 unspecified atom stereocenters. The summed E-state index contributed by atoms with van der Waals surface area (Å²) in [5.74, 6) is 0.995. The van der Waals surface area contributed by atoms with Crippen molar-refractivity contribution in [3.63, 3.8) is 0 Å². The van der Waals surface area contributed by atoms with Crippen molar-refractivity contribution in [1.29, 1.82) is 0 Å². The smallest absolute Gasteiger partial charge is 0.138 e. The molecule has 0 saturated heterocycles. The summed E-state index contributed by atoms with van der Waals surface area (Å²) in [5.41, 5.74) is 1.15. The summed E-state index contributed by atoms with van der Waals surface area (Å²) in [4.78, 5) is 4.40. The maximum atomic E-state index is 6.14. The van der Waals surface area contributed by atoms with Crippen LogP contribution < -0.4 is 5.32 Å². The van der Waals surface area contributed by atoms with E-state index in [0.29, 0.717) is 0 Å². The topological polar surface area (TPSA) is 42.7 Å². The Morgan fingerprint density at radius 2 is 2.19 bits per heavy atom. The molecule has 2 rings (SSSR count). The van der Waals surface area contributed by atoms with Crippen molar-refractivity contribution in [3.8, 4) is 0 Å². The van der Waals surface area contributed by atoms with E-state index in [4.69, 9.17) is 11.6 Å². The molecule has 114 valence electrons. The number of rotatable bonds is 7. The Balaban J connectivity index is 2.26. The predicted octanol–water partition coefficient (Wildman–Crippen LogP) is 4.00. The van der Waals surface area contributed by atoms with Gasteiger partial charge < -0.3 is 5.32 Å². The number of nitrogens with zero attached hydrogens (tertiary/aromatic N) is 3. The van der Waals surface area contributed by atoms with Gasteiger partial charge in [0.15, 0.2) is 0 Å². The predicted molar refractivity (Wildman–Crippen MR) is 89.6 cm³/mol. The molecule has 2 aromatic rings. The first kappa shape index (κ1) is 16.5. The Kier molecular flexibility index (Phi) is 6.21. The lowest BCUT2D eigenvalue weighted by Crippen LogP contribution is -2.25. The molecule has 21 heavy (non-hydrogen) atoms. The fraction of sp³-hybridized carbons (Fsp3) is 0.467. The number of aryl methyl sites for hydroxylation is 1. The highest BCUT2D eigenvalue weighted by Gasteiger charge is 2.17. The normalized spacial score (nSPS) is 12.6. The standard InChI is InChI=1S/C15H20BrClN4/c1-3-7-21-15(19-10-20-21)9-14(18-4-2)12-8-11(17)5-6-13(12)16/h5-6,8,10,14,18H,3-4,7,9H2,1-2H3. The van der Waals surface area contributed by atoms with Crippen molar-refractivity contribution in [2.75, 3.05) is 6.54 Å². The highest BCUT2D eigenvalue weighted by atomic mass is 79.9. The van der Waals surface area contributed by atoms with E-state index < -0.39 is 0 Å². The van der Waals surface area contributed by atoms with Crippen molar-refractivity contribution in [3.05, 3.63) is 45.4 Å². The molecule has 0 bridgehead atoms. The SMILES string of the molecule is CCCn1ncnc1CC(NCC)c1cc(Cl)ccc1Br. The van der Waals surface area contributed by atoms with Gasteiger partial charge in [0.05, 0.1) is 0 Å². The highest BCUT2D eigenvalue weighted by molar-refractivity contribution is 9.10. The molecule has 4 nitrogen and oxygen atoms in total. The quantitative estimate of drug-likeness (QED) is 0.800. The van der Waals surface area contributed by atoms with E-state index in [0.717, 1.165) is 46.8 Å². The van der Waals surface area contributed by atoms with Gasteiger partial charge in [0, 0.05) is 28.5 Å². The molecule has 0 saturated carbocycles. The number of hydrogen-bond acceptors (Lipinski definition) is 3. The summed E-state index contributed by atoms with van der Waals surface area (Å²) >= 11 is 9.76. The van der Waals surface area contributed by atoms with Crippen LogP contribution in [0, 0.1) is 0 Å². The Morgan fingerprint density at radius 1 is 1.38 bits per heavy atom. The second-order valence-electron chi connectivity index (χ2n) is 4.88. The van der Waals surface area contributed by atoms with Crippen LogP contribution in [0.1, 0.15) is 37.7 Å². The minimum atomic E-state index is 0.155. The fourth-order valence-electron chi connectivity index (χ4n) is 2.35. The van der Waals surface area contributed by atoms with E-state index in [-0.39, 0.29) is 6.04 Å². The van der Waals surface area contributed by atoms with Crippen LogP contribution in [-0.2, 0) is 13.0 Å².